The lowest BCUT2D eigenvalue weighted by Gasteiger charge is -2.40. The monoisotopic (exact) mass is 210 g/mol. The summed E-state index contributed by atoms with van der Waals surface area (Å²) in [6.07, 6.45) is 8.80. The molecule has 0 aliphatic heterocycles. The molecule has 0 aromatic carbocycles. The van der Waals surface area contributed by atoms with Crippen molar-refractivity contribution >= 4 is 0 Å². The Kier molecular flexibility index (Phi) is 4.67. The van der Waals surface area contributed by atoms with Crippen LogP contribution in [0.25, 0.3) is 0 Å². The van der Waals surface area contributed by atoms with E-state index >= 15 is 0 Å². The van der Waals surface area contributed by atoms with Crippen molar-refractivity contribution in [2.24, 2.45) is 23.2 Å². The molecule has 0 nitrogen and oxygen atoms in total. The molecular weight excluding hydrogens is 180 g/mol. The second kappa shape index (κ2) is 5.37. The molecule has 0 amide bonds. The molecule has 0 N–H and O–H groups in total. The fraction of sp³-hybridized carbons (Fsp3) is 1.00. The molecule has 0 aromatic rings. The van der Waals surface area contributed by atoms with Crippen molar-refractivity contribution in [1.29, 1.82) is 0 Å². The van der Waals surface area contributed by atoms with Crippen LogP contribution in [0.3, 0.4) is 0 Å². The molecule has 0 bridgehead atoms. The third-order valence-corrected chi connectivity index (χ3v) is 4.52. The number of hydrogen-bond donors (Lipinski definition) is 0. The van der Waals surface area contributed by atoms with Gasteiger partial charge >= 0.3 is 0 Å². The minimum absolute atomic E-state index is 0.538. The number of rotatable bonds is 4. The molecule has 0 aromatic heterocycles. The lowest BCUT2D eigenvalue weighted by atomic mass is 9.65. The zero-order valence-electron chi connectivity index (χ0n) is 11.5. The van der Waals surface area contributed by atoms with Gasteiger partial charge in [-0.2, -0.15) is 0 Å². The van der Waals surface area contributed by atoms with E-state index in [9.17, 15) is 0 Å². The van der Waals surface area contributed by atoms with E-state index in [1.807, 2.05) is 0 Å². The minimum Gasteiger partial charge on any atom is -0.0628 e. The van der Waals surface area contributed by atoms with Gasteiger partial charge in [0.1, 0.15) is 0 Å². The van der Waals surface area contributed by atoms with Crippen LogP contribution in [0.5, 0.6) is 0 Å². The van der Waals surface area contributed by atoms with Gasteiger partial charge in [-0.05, 0) is 29.6 Å². The Hall–Kier alpha value is 0. The molecule has 1 aliphatic rings. The van der Waals surface area contributed by atoms with Crippen molar-refractivity contribution in [3.05, 3.63) is 0 Å². The first-order chi connectivity index (χ1) is 6.93. The van der Waals surface area contributed by atoms with Crippen LogP contribution in [0.4, 0.5) is 0 Å². The molecule has 1 saturated carbocycles. The fourth-order valence-corrected chi connectivity index (χ4v) is 3.51. The van der Waals surface area contributed by atoms with Crippen molar-refractivity contribution in [2.75, 3.05) is 0 Å². The highest BCUT2D eigenvalue weighted by Crippen LogP contribution is 2.42. The normalized spacial score (nSPS) is 22.0. The highest BCUT2D eigenvalue weighted by atomic mass is 14.4. The molecule has 0 radical (unpaired) electrons. The van der Waals surface area contributed by atoms with Crippen LogP contribution in [0.1, 0.15) is 73.1 Å². The highest BCUT2D eigenvalue weighted by molar-refractivity contribution is 4.83. The van der Waals surface area contributed by atoms with E-state index in [4.69, 9.17) is 0 Å². The van der Waals surface area contributed by atoms with Gasteiger partial charge in [0.2, 0.25) is 0 Å². The van der Waals surface area contributed by atoms with E-state index in [0.29, 0.717) is 5.41 Å². The maximum Gasteiger partial charge on any atom is -0.0323 e. The topological polar surface area (TPSA) is 0 Å². The standard InChI is InChI=1S/C15H30/c1-12(2)11-15(4,5)13(3)14-9-7-6-8-10-14/h12-14H,6-11H2,1-5H3. The number of hydrogen-bond acceptors (Lipinski definition) is 0. The summed E-state index contributed by atoms with van der Waals surface area (Å²) < 4.78 is 0. The molecule has 1 aliphatic carbocycles. The molecule has 1 fully saturated rings. The van der Waals surface area contributed by atoms with E-state index in [1.54, 1.807) is 0 Å². The zero-order chi connectivity index (χ0) is 11.5. The molecular formula is C15H30. The van der Waals surface area contributed by atoms with Gasteiger partial charge in [0.05, 0.1) is 0 Å². The van der Waals surface area contributed by atoms with Crippen molar-refractivity contribution in [3.63, 3.8) is 0 Å². The van der Waals surface area contributed by atoms with Gasteiger partial charge in [-0.15, -0.1) is 0 Å². The zero-order valence-corrected chi connectivity index (χ0v) is 11.5. The molecule has 0 heterocycles. The Morgan fingerprint density at radius 2 is 1.53 bits per heavy atom. The first-order valence-corrected chi connectivity index (χ1v) is 6.93. The molecule has 1 unspecified atom stereocenters. The Morgan fingerprint density at radius 1 is 1.00 bits per heavy atom. The lowest BCUT2D eigenvalue weighted by molar-refractivity contribution is 0.102. The first kappa shape index (κ1) is 13.1. The largest absolute Gasteiger partial charge is 0.0628 e. The average Bonchev–Trinajstić information content (AvgIpc) is 2.16. The summed E-state index contributed by atoms with van der Waals surface area (Å²) >= 11 is 0. The van der Waals surface area contributed by atoms with Gasteiger partial charge in [0, 0.05) is 0 Å². The molecule has 0 heteroatoms. The van der Waals surface area contributed by atoms with Crippen LogP contribution in [-0.2, 0) is 0 Å². The SMILES string of the molecule is CC(C)CC(C)(C)C(C)C1CCCCC1. The van der Waals surface area contributed by atoms with Gasteiger partial charge < -0.3 is 0 Å². The summed E-state index contributed by atoms with van der Waals surface area (Å²) in [5.74, 6) is 2.75. The Labute approximate surface area is 96.8 Å². The predicted molar refractivity (Wildman–Crippen MR) is 69.0 cm³/mol. The lowest BCUT2D eigenvalue weighted by Crippen LogP contribution is -2.30. The average molecular weight is 210 g/mol. The van der Waals surface area contributed by atoms with Crippen molar-refractivity contribution in [1.82, 2.24) is 0 Å². The van der Waals surface area contributed by atoms with Gasteiger partial charge in [-0.25, -0.2) is 0 Å². The smallest absolute Gasteiger partial charge is 0.0323 e. The van der Waals surface area contributed by atoms with Crippen LogP contribution in [0.15, 0.2) is 0 Å². The van der Waals surface area contributed by atoms with Crippen molar-refractivity contribution < 1.29 is 0 Å². The van der Waals surface area contributed by atoms with Crippen molar-refractivity contribution in [2.45, 2.75) is 73.1 Å². The van der Waals surface area contributed by atoms with Crippen LogP contribution < -0.4 is 0 Å². The summed E-state index contributed by atoms with van der Waals surface area (Å²) in [5.41, 5.74) is 0.538. The van der Waals surface area contributed by atoms with Gasteiger partial charge in [-0.1, -0.05) is 66.7 Å². The summed E-state index contributed by atoms with van der Waals surface area (Å²) in [6.45, 7) is 12.2. The Bertz CT molecular complexity index is 172. The van der Waals surface area contributed by atoms with Crippen LogP contribution in [0.2, 0.25) is 0 Å². The molecule has 15 heavy (non-hydrogen) atoms. The van der Waals surface area contributed by atoms with Crippen LogP contribution >= 0.6 is 0 Å². The fourth-order valence-electron chi connectivity index (χ4n) is 3.51. The van der Waals surface area contributed by atoms with Crippen LogP contribution in [0, 0.1) is 23.2 Å². The van der Waals surface area contributed by atoms with Crippen LogP contribution in [-0.4, -0.2) is 0 Å². The van der Waals surface area contributed by atoms with E-state index < -0.39 is 0 Å². The minimum atomic E-state index is 0.538. The van der Waals surface area contributed by atoms with E-state index in [-0.39, 0.29) is 0 Å². The Balaban J connectivity index is 2.52. The van der Waals surface area contributed by atoms with Crippen molar-refractivity contribution in [3.8, 4) is 0 Å². The maximum absolute atomic E-state index is 2.50. The molecule has 90 valence electrons. The van der Waals surface area contributed by atoms with Gasteiger partial charge in [0.15, 0.2) is 0 Å². The quantitative estimate of drug-likeness (QED) is 0.592. The van der Waals surface area contributed by atoms with E-state index in [2.05, 4.69) is 34.6 Å². The van der Waals surface area contributed by atoms with Gasteiger partial charge in [0.25, 0.3) is 0 Å². The van der Waals surface area contributed by atoms with E-state index in [1.165, 1.54) is 38.5 Å². The molecule has 1 rings (SSSR count). The predicted octanol–water partition coefficient (Wildman–Crippen LogP) is 5.28. The molecule has 0 spiro atoms. The summed E-state index contributed by atoms with van der Waals surface area (Å²) in [7, 11) is 0. The third-order valence-electron chi connectivity index (χ3n) is 4.52. The summed E-state index contributed by atoms with van der Waals surface area (Å²) in [6, 6.07) is 0. The van der Waals surface area contributed by atoms with E-state index in [0.717, 1.165) is 17.8 Å². The molecule has 0 saturated heterocycles. The highest BCUT2D eigenvalue weighted by Gasteiger charge is 2.32. The maximum atomic E-state index is 2.50. The van der Waals surface area contributed by atoms with Gasteiger partial charge in [-0.3, -0.25) is 0 Å². The second-order valence-electron chi connectivity index (χ2n) is 6.77. The second-order valence-corrected chi connectivity index (χ2v) is 6.77. The first-order valence-electron chi connectivity index (χ1n) is 6.93. The summed E-state index contributed by atoms with van der Waals surface area (Å²) in [5, 5.41) is 0. The third kappa shape index (κ3) is 3.81. The Morgan fingerprint density at radius 3 is 2.00 bits per heavy atom. The summed E-state index contributed by atoms with van der Waals surface area (Å²) in [4.78, 5) is 0. The molecule has 1 atom stereocenters.